The van der Waals surface area contributed by atoms with Crippen LogP contribution >= 0.6 is 0 Å². The van der Waals surface area contributed by atoms with Crippen molar-refractivity contribution in [1.29, 1.82) is 0 Å². The second kappa shape index (κ2) is 4.93. The molecule has 0 bridgehead atoms. The minimum absolute atomic E-state index is 0.0614. The summed E-state index contributed by atoms with van der Waals surface area (Å²) in [5.74, 6) is 0.0614. The van der Waals surface area contributed by atoms with Crippen LogP contribution in [0.5, 0.6) is 0 Å². The summed E-state index contributed by atoms with van der Waals surface area (Å²) in [5, 5.41) is 0. The largest absolute Gasteiger partial charge is 0.347 e. The first kappa shape index (κ1) is 11.7. The summed E-state index contributed by atoms with van der Waals surface area (Å²) < 4.78 is 1.87. The Hall–Kier alpha value is -1.36. The number of hydrogen-bond donors (Lipinski definition) is 1. The lowest BCUT2D eigenvalue weighted by molar-refractivity contribution is -0.131. The monoisotopic (exact) mass is 210 g/mol. The van der Waals surface area contributed by atoms with Crippen LogP contribution in [0.25, 0.3) is 0 Å². The first-order chi connectivity index (χ1) is 7.07. The second-order valence-electron chi connectivity index (χ2n) is 3.74. The van der Waals surface area contributed by atoms with Gasteiger partial charge >= 0.3 is 0 Å². The van der Waals surface area contributed by atoms with Crippen molar-refractivity contribution in [2.45, 2.75) is 19.4 Å². The number of rotatable bonds is 4. The van der Waals surface area contributed by atoms with Gasteiger partial charge in [-0.1, -0.05) is 0 Å². The summed E-state index contributed by atoms with van der Waals surface area (Å²) in [4.78, 5) is 17.4. The molecule has 1 amide bonds. The molecule has 1 unspecified atom stereocenters. The van der Waals surface area contributed by atoms with Crippen molar-refractivity contribution in [1.82, 2.24) is 14.5 Å². The number of imidazole rings is 1. The zero-order valence-corrected chi connectivity index (χ0v) is 9.47. The van der Waals surface area contributed by atoms with Crippen LogP contribution in [0.1, 0.15) is 18.7 Å². The molecule has 1 atom stereocenters. The first-order valence-corrected chi connectivity index (χ1v) is 5.00. The molecule has 5 nitrogen and oxygen atoms in total. The molecule has 1 aromatic rings. The van der Waals surface area contributed by atoms with E-state index in [4.69, 9.17) is 5.73 Å². The fourth-order valence-electron chi connectivity index (χ4n) is 1.51. The topological polar surface area (TPSA) is 64.2 Å². The van der Waals surface area contributed by atoms with Gasteiger partial charge in [-0.3, -0.25) is 4.79 Å². The fraction of sp³-hybridized carbons (Fsp3) is 0.600. The van der Waals surface area contributed by atoms with Crippen LogP contribution in [0.3, 0.4) is 0 Å². The Balaban J connectivity index is 2.85. The molecule has 1 heterocycles. The van der Waals surface area contributed by atoms with Crippen LogP contribution in [0, 0.1) is 0 Å². The van der Waals surface area contributed by atoms with Crippen LogP contribution in [0.15, 0.2) is 12.5 Å². The summed E-state index contributed by atoms with van der Waals surface area (Å²) in [6, 6.07) is -0.218. The van der Waals surface area contributed by atoms with Gasteiger partial charge < -0.3 is 15.2 Å². The number of nitrogens with two attached hydrogens (primary N) is 1. The molecule has 0 saturated heterocycles. The highest BCUT2D eigenvalue weighted by molar-refractivity contribution is 5.79. The minimum Gasteiger partial charge on any atom is -0.347 e. The average Bonchev–Trinajstić information content (AvgIpc) is 2.64. The van der Waals surface area contributed by atoms with Crippen LogP contribution in [0.2, 0.25) is 0 Å². The van der Waals surface area contributed by atoms with Crippen molar-refractivity contribution in [2.24, 2.45) is 5.73 Å². The number of hydrogen-bond acceptors (Lipinski definition) is 3. The number of aromatic nitrogens is 2. The number of carbonyl (C=O) groups is 1. The van der Waals surface area contributed by atoms with Crippen molar-refractivity contribution in [3.63, 3.8) is 0 Å². The molecule has 1 rings (SSSR count). The molecule has 0 aliphatic heterocycles. The first-order valence-electron chi connectivity index (χ1n) is 5.00. The summed E-state index contributed by atoms with van der Waals surface area (Å²) in [6.07, 6.45) is 4.18. The predicted molar refractivity (Wildman–Crippen MR) is 58.4 cm³/mol. The van der Waals surface area contributed by atoms with Gasteiger partial charge in [-0.05, 0) is 13.5 Å². The summed E-state index contributed by atoms with van der Waals surface area (Å²) in [7, 11) is 3.50. The van der Waals surface area contributed by atoms with Gasteiger partial charge in [-0.2, -0.15) is 0 Å². The van der Waals surface area contributed by atoms with Crippen molar-refractivity contribution >= 4 is 5.91 Å². The molecule has 0 radical (unpaired) electrons. The standard InChI is InChI=1S/C10H18N4O/c1-8(10(15)13(2)3)14-7-12-6-9(14)4-5-11/h6-8H,4-5,11H2,1-3H3. The highest BCUT2D eigenvalue weighted by Crippen LogP contribution is 2.12. The van der Waals surface area contributed by atoms with E-state index in [1.807, 2.05) is 11.5 Å². The number of nitrogens with zero attached hydrogens (tertiary/aromatic N) is 3. The maximum Gasteiger partial charge on any atom is 0.244 e. The van der Waals surface area contributed by atoms with Crippen LogP contribution in [0.4, 0.5) is 0 Å². The zero-order chi connectivity index (χ0) is 11.4. The van der Waals surface area contributed by atoms with Gasteiger partial charge in [0.25, 0.3) is 0 Å². The smallest absolute Gasteiger partial charge is 0.244 e. The summed E-state index contributed by atoms with van der Waals surface area (Å²) in [6.45, 7) is 2.43. The number of likely N-dealkylation sites (N-methyl/N-ethyl adjacent to an activating group) is 1. The van der Waals surface area contributed by atoms with E-state index in [1.165, 1.54) is 0 Å². The third-order valence-electron chi connectivity index (χ3n) is 2.36. The molecule has 15 heavy (non-hydrogen) atoms. The van der Waals surface area contributed by atoms with E-state index in [0.717, 1.165) is 12.1 Å². The van der Waals surface area contributed by atoms with E-state index < -0.39 is 0 Å². The van der Waals surface area contributed by atoms with E-state index in [0.29, 0.717) is 6.54 Å². The van der Waals surface area contributed by atoms with E-state index >= 15 is 0 Å². The Bertz CT molecular complexity index is 332. The quantitative estimate of drug-likeness (QED) is 0.762. The molecular formula is C10H18N4O. The number of amides is 1. The van der Waals surface area contributed by atoms with E-state index in [-0.39, 0.29) is 11.9 Å². The average molecular weight is 210 g/mol. The van der Waals surface area contributed by atoms with Crippen molar-refractivity contribution in [2.75, 3.05) is 20.6 Å². The predicted octanol–water partition coefficient (Wildman–Crippen LogP) is 0.0335. The Morgan fingerprint density at radius 3 is 2.87 bits per heavy atom. The van der Waals surface area contributed by atoms with Gasteiger partial charge in [0, 0.05) is 32.4 Å². The van der Waals surface area contributed by atoms with Gasteiger partial charge in [-0.25, -0.2) is 4.98 Å². The van der Waals surface area contributed by atoms with Crippen molar-refractivity contribution < 1.29 is 4.79 Å². The Morgan fingerprint density at radius 1 is 1.67 bits per heavy atom. The lowest BCUT2D eigenvalue weighted by Crippen LogP contribution is -2.30. The SMILES string of the molecule is CC(C(=O)N(C)C)n1cncc1CCN. The van der Waals surface area contributed by atoms with Gasteiger partial charge in [-0.15, -0.1) is 0 Å². The number of carbonyl (C=O) groups excluding carboxylic acids is 1. The maximum atomic E-state index is 11.7. The normalized spacial score (nSPS) is 12.5. The highest BCUT2D eigenvalue weighted by atomic mass is 16.2. The molecule has 0 fully saturated rings. The zero-order valence-electron chi connectivity index (χ0n) is 9.47. The lowest BCUT2D eigenvalue weighted by atomic mass is 10.2. The molecule has 0 aromatic carbocycles. The molecule has 0 spiro atoms. The summed E-state index contributed by atoms with van der Waals surface area (Å²) in [5.41, 5.74) is 6.49. The third-order valence-corrected chi connectivity index (χ3v) is 2.36. The maximum absolute atomic E-state index is 11.7. The van der Waals surface area contributed by atoms with Crippen molar-refractivity contribution in [3.8, 4) is 0 Å². The molecule has 0 aliphatic rings. The minimum atomic E-state index is -0.218. The van der Waals surface area contributed by atoms with E-state index in [9.17, 15) is 4.79 Å². The molecule has 0 saturated carbocycles. The molecular weight excluding hydrogens is 192 g/mol. The third kappa shape index (κ3) is 2.56. The Morgan fingerprint density at radius 2 is 2.33 bits per heavy atom. The van der Waals surface area contributed by atoms with E-state index in [2.05, 4.69) is 4.98 Å². The molecule has 84 valence electrons. The molecule has 0 aliphatic carbocycles. The van der Waals surface area contributed by atoms with Gasteiger partial charge in [0.1, 0.15) is 6.04 Å². The highest BCUT2D eigenvalue weighted by Gasteiger charge is 2.18. The van der Waals surface area contributed by atoms with E-state index in [1.54, 1.807) is 31.5 Å². The Labute approximate surface area is 89.9 Å². The fourth-order valence-corrected chi connectivity index (χ4v) is 1.51. The summed E-state index contributed by atoms with van der Waals surface area (Å²) >= 11 is 0. The van der Waals surface area contributed by atoms with Gasteiger partial charge in [0.05, 0.1) is 6.33 Å². The van der Waals surface area contributed by atoms with Crippen LogP contribution < -0.4 is 5.73 Å². The molecule has 2 N–H and O–H groups in total. The Kier molecular flexibility index (Phi) is 3.85. The van der Waals surface area contributed by atoms with Gasteiger partial charge in [0.2, 0.25) is 5.91 Å². The van der Waals surface area contributed by atoms with Crippen molar-refractivity contribution in [3.05, 3.63) is 18.2 Å². The second-order valence-corrected chi connectivity index (χ2v) is 3.74. The van der Waals surface area contributed by atoms with Crippen LogP contribution in [-0.4, -0.2) is 41.0 Å². The lowest BCUT2D eigenvalue weighted by Gasteiger charge is -2.19. The molecule has 1 aromatic heterocycles. The molecule has 5 heteroatoms. The van der Waals surface area contributed by atoms with Gasteiger partial charge in [0.15, 0.2) is 0 Å². The van der Waals surface area contributed by atoms with Crippen LogP contribution in [-0.2, 0) is 11.2 Å².